The van der Waals surface area contributed by atoms with Crippen LogP contribution >= 0.6 is 0 Å². The van der Waals surface area contributed by atoms with E-state index in [1.165, 1.54) is 83.5 Å². The molecule has 0 saturated heterocycles. The molecule has 0 aromatic carbocycles. The van der Waals surface area contributed by atoms with Crippen molar-refractivity contribution in [1.29, 1.82) is 0 Å². The predicted molar refractivity (Wildman–Crippen MR) is 136 cm³/mol. The van der Waals surface area contributed by atoms with E-state index in [1.807, 2.05) is 41.5 Å². The molecule has 0 aromatic heterocycles. The quantitative estimate of drug-likeness (QED) is 0.136. The van der Waals surface area contributed by atoms with Gasteiger partial charge in [-0.2, -0.15) is 0 Å². The van der Waals surface area contributed by atoms with Gasteiger partial charge in [-0.3, -0.25) is 4.79 Å². The number of carbonyl (C=O) groups is 1. The van der Waals surface area contributed by atoms with Gasteiger partial charge in [0.2, 0.25) is 0 Å². The molecule has 0 aliphatic heterocycles. The van der Waals surface area contributed by atoms with Gasteiger partial charge in [-0.1, -0.05) is 96.8 Å². The normalized spacial score (nSPS) is 11.2. The van der Waals surface area contributed by atoms with E-state index in [1.54, 1.807) is 0 Å². The molecule has 0 bridgehead atoms. The zero-order chi connectivity index (χ0) is 25.3. The van der Waals surface area contributed by atoms with E-state index in [0.29, 0.717) is 6.42 Å². The standard InChI is InChI=1S/C18H36O2.3C3H7O.Zr/c1-2-3-4-5-6-7-8-9-10-11-12-13-14-15-16-17-18(19)20;3*1-3(2)4;/h2-17H2,1H3,(H,19,20);3*3H,1-2H3;/q;3*-1;+3. The first-order chi connectivity index (χ1) is 15.7. The molecular weight excluding hydrogens is 496 g/mol. The molecular formula is C27H57O5Zr. The van der Waals surface area contributed by atoms with Crippen LogP contribution in [0, 0.1) is 0 Å². The molecule has 1 N–H and O–H groups in total. The van der Waals surface area contributed by atoms with E-state index in [4.69, 9.17) is 13.5 Å². The van der Waals surface area contributed by atoms with Crippen molar-refractivity contribution in [3.63, 3.8) is 0 Å². The molecule has 0 aliphatic rings. The van der Waals surface area contributed by atoms with Crippen molar-refractivity contribution in [2.24, 2.45) is 0 Å². The first-order valence-electron chi connectivity index (χ1n) is 13.8. The molecule has 0 saturated carbocycles. The van der Waals surface area contributed by atoms with E-state index in [-0.39, 0.29) is 18.3 Å². The van der Waals surface area contributed by atoms with Crippen LogP contribution in [0.3, 0.4) is 0 Å². The number of carboxylic acids is 1. The molecule has 0 heterocycles. The van der Waals surface area contributed by atoms with E-state index in [0.717, 1.165) is 12.8 Å². The molecule has 5 nitrogen and oxygen atoms in total. The Morgan fingerprint density at radius 3 is 1.09 bits per heavy atom. The largest absolute Gasteiger partial charge is 0.481 e. The maximum Gasteiger partial charge on any atom is 0.303 e. The van der Waals surface area contributed by atoms with Crippen molar-refractivity contribution in [3.05, 3.63) is 0 Å². The average molecular weight is 553 g/mol. The zero-order valence-electron chi connectivity index (χ0n) is 23.1. The fourth-order valence-corrected chi connectivity index (χ4v) is 6.56. The molecule has 0 unspecified atom stereocenters. The van der Waals surface area contributed by atoms with Gasteiger partial charge in [-0.25, -0.2) is 0 Å². The van der Waals surface area contributed by atoms with Crippen LogP contribution in [0.2, 0.25) is 0 Å². The third-order valence-electron chi connectivity index (χ3n) is 4.99. The summed E-state index contributed by atoms with van der Waals surface area (Å²) in [4.78, 5) is 10.3. The molecule has 0 amide bonds. The summed E-state index contributed by atoms with van der Waals surface area (Å²) in [6.07, 6.45) is 20.8. The third kappa shape index (κ3) is 34.5. The first-order valence-corrected chi connectivity index (χ1v) is 16.8. The Kier molecular flexibility index (Phi) is 28.8. The Labute approximate surface area is 216 Å². The van der Waals surface area contributed by atoms with Crippen LogP contribution in [0.1, 0.15) is 151 Å². The Hall–Kier alpha value is 0.233. The third-order valence-corrected chi connectivity index (χ3v) is 9.89. The Bertz CT molecular complexity index is 378. The van der Waals surface area contributed by atoms with Crippen molar-refractivity contribution >= 4 is 5.97 Å². The fraction of sp³-hybridized carbons (Fsp3) is 0.963. The Morgan fingerprint density at radius 2 is 0.848 bits per heavy atom. The summed E-state index contributed by atoms with van der Waals surface area (Å²) in [6, 6.07) is 0. The van der Waals surface area contributed by atoms with Gasteiger partial charge >= 0.3 is 97.3 Å². The molecule has 0 atom stereocenters. The van der Waals surface area contributed by atoms with E-state index in [9.17, 15) is 4.79 Å². The second-order valence-corrected chi connectivity index (χ2v) is 12.8. The van der Waals surface area contributed by atoms with Crippen molar-refractivity contribution in [2.75, 3.05) is 0 Å². The summed E-state index contributed by atoms with van der Waals surface area (Å²) in [5.41, 5.74) is 0. The maximum atomic E-state index is 10.3. The van der Waals surface area contributed by atoms with Crippen molar-refractivity contribution in [3.8, 4) is 0 Å². The average Bonchev–Trinajstić information content (AvgIpc) is 2.69. The van der Waals surface area contributed by atoms with Gasteiger partial charge in [-0.15, -0.1) is 0 Å². The number of hydrogen-bond acceptors (Lipinski definition) is 4. The molecule has 0 aromatic rings. The number of hydrogen-bond donors (Lipinski definition) is 1. The van der Waals surface area contributed by atoms with Gasteiger partial charge in [0.05, 0.1) is 0 Å². The van der Waals surface area contributed by atoms with Crippen molar-refractivity contribution in [2.45, 2.75) is 170 Å². The van der Waals surface area contributed by atoms with Gasteiger partial charge in [0, 0.05) is 6.42 Å². The molecule has 0 rings (SSSR count). The van der Waals surface area contributed by atoms with Crippen LogP contribution in [-0.4, -0.2) is 29.4 Å². The maximum absolute atomic E-state index is 10.3. The first kappa shape index (κ1) is 35.4. The second-order valence-electron chi connectivity index (χ2n) is 9.84. The van der Waals surface area contributed by atoms with Crippen LogP contribution in [0.15, 0.2) is 0 Å². The predicted octanol–water partition coefficient (Wildman–Crippen LogP) is 8.96. The van der Waals surface area contributed by atoms with Crippen molar-refractivity contribution in [1.82, 2.24) is 0 Å². The summed E-state index contributed by atoms with van der Waals surface area (Å²) < 4.78 is 16.9. The summed E-state index contributed by atoms with van der Waals surface area (Å²) in [6.45, 7) is 14.3. The minimum absolute atomic E-state index is 0.201. The van der Waals surface area contributed by atoms with Gasteiger partial charge in [0.1, 0.15) is 0 Å². The number of rotatable bonds is 22. The summed E-state index contributed by atoms with van der Waals surface area (Å²) in [7, 11) is 0. The zero-order valence-corrected chi connectivity index (χ0v) is 25.6. The molecule has 0 spiro atoms. The van der Waals surface area contributed by atoms with Crippen LogP contribution in [0.25, 0.3) is 0 Å². The van der Waals surface area contributed by atoms with Gasteiger partial charge in [-0.05, 0) is 6.42 Å². The van der Waals surface area contributed by atoms with Crippen molar-refractivity contribution < 1.29 is 41.4 Å². The van der Waals surface area contributed by atoms with E-state index >= 15 is 0 Å². The van der Waals surface area contributed by atoms with Gasteiger partial charge in [0.25, 0.3) is 0 Å². The van der Waals surface area contributed by atoms with Crippen LogP contribution < -0.4 is 0 Å². The number of aliphatic carboxylic acids is 1. The molecule has 199 valence electrons. The van der Waals surface area contributed by atoms with E-state index < -0.39 is 29.0 Å². The number of carboxylic acid groups (broad SMARTS) is 1. The van der Waals surface area contributed by atoms with Crippen LogP contribution in [0.5, 0.6) is 0 Å². The number of unbranched alkanes of at least 4 members (excludes halogenated alkanes) is 14. The topological polar surface area (TPSA) is 65.0 Å². The smallest absolute Gasteiger partial charge is 0.303 e. The Balaban J connectivity index is 0. The molecule has 0 radical (unpaired) electrons. The minimum atomic E-state index is -2.48. The second kappa shape index (κ2) is 26.8. The fourth-order valence-electron chi connectivity index (χ4n) is 3.31. The van der Waals surface area contributed by atoms with Crippen LogP contribution in [-0.2, 0) is 36.3 Å². The van der Waals surface area contributed by atoms with Gasteiger partial charge in [0.15, 0.2) is 0 Å². The monoisotopic (exact) mass is 551 g/mol. The van der Waals surface area contributed by atoms with E-state index in [2.05, 4.69) is 6.92 Å². The Morgan fingerprint density at radius 1 is 0.576 bits per heavy atom. The molecule has 6 heteroatoms. The molecule has 0 fully saturated rings. The summed E-state index contributed by atoms with van der Waals surface area (Å²) >= 11 is -2.48. The molecule has 0 aliphatic carbocycles. The summed E-state index contributed by atoms with van der Waals surface area (Å²) in [5, 5.41) is 8.52. The minimum Gasteiger partial charge on any atom is -0.481 e. The summed E-state index contributed by atoms with van der Waals surface area (Å²) in [5.74, 6) is -0.653. The molecule has 33 heavy (non-hydrogen) atoms. The SMILES string of the molecule is CC(C)[O][Zr]([O]C(C)C)[O]C(C)C.CCCCCCCCCCCCCCCCCC(=O)O. The van der Waals surface area contributed by atoms with Crippen LogP contribution in [0.4, 0.5) is 0 Å². The van der Waals surface area contributed by atoms with Gasteiger partial charge < -0.3 is 5.11 Å².